The third-order valence-corrected chi connectivity index (χ3v) is 4.73. The minimum Gasteiger partial charge on any atom is -0.397 e. The molecule has 1 aliphatic heterocycles. The molecule has 3 aromatic rings. The molecule has 1 aromatic carbocycles. The largest absolute Gasteiger partial charge is 0.397 e. The standard InChI is InChI=1S/C14H16N6S/c15-11-7-10-9-17-18-12(10)8-13(11)19-2-4-20(5-3-19)14-16-1-6-21-14/h1,6-9H,2-5,15H2,(H,17,18). The second-order valence-corrected chi connectivity index (χ2v) is 6.03. The molecule has 6 nitrogen and oxygen atoms in total. The predicted octanol–water partition coefficient (Wildman–Crippen LogP) is 1.93. The molecule has 21 heavy (non-hydrogen) atoms. The van der Waals surface area contributed by atoms with E-state index in [-0.39, 0.29) is 0 Å². The van der Waals surface area contributed by atoms with E-state index in [4.69, 9.17) is 5.73 Å². The normalized spacial score (nSPS) is 15.8. The van der Waals surface area contributed by atoms with Gasteiger partial charge in [-0.25, -0.2) is 4.98 Å². The van der Waals surface area contributed by atoms with Gasteiger partial charge >= 0.3 is 0 Å². The monoisotopic (exact) mass is 300 g/mol. The van der Waals surface area contributed by atoms with Crippen LogP contribution < -0.4 is 15.5 Å². The lowest BCUT2D eigenvalue weighted by Crippen LogP contribution is -2.46. The van der Waals surface area contributed by atoms with Crippen LogP contribution in [0.15, 0.2) is 29.9 Å². The van der Waals surface area contributed by atoms with Gasteiger partial charge in [0.15, 0.2) is 5.13 Å². The lowest BCUT2D eigenvalue weighted by molar-refractivity contribution is 0.653. The molecular weight excluding hydrogens is 284 g/mol. The van der Waals surface area contributed by atoms with Gasteiger partial charge in [-0.15, -0.1) is 11.3 Å². The van der Waals surface area contributed by atoms with E-state index in [1.54, 1.807) is 17.5 Å². The maximum absolute atomic E-state index is 6.20. The first kappa shape index (κ1) is 12.5. The third kappa shape index (κ3) is 2.19. The van der Waals surface area contributed by atoms with Crippen molar-refractivity contribution in [2.75, 3.05) is 41.7 Å². The highest BCUT2D eigenvalue weighted by Gasteiger charge is 2.20. The number of nitrogen functional groups attached to an aromatic ring is 1. The molecule has 108 valence electrons. The van der Waals surface area contributed by atoms with Gasteiger partial charge in [-0.3, -0.25) is 5.10 Å². The number of piperazine rings is 1. The second-order valence-electron chi connectivity index (χ2n) is 5.16. The summed E-state index contributed by atoms with van der Waals surface area (Å²) in [6, 6.07) is 4.08. The number of rotatable bonds is 2. The smallest absolute Gasteiger partial charge is 0.185 e. The molecule has 1 fully saturated rings. The Labute approximate surface area is 126 Å². The topological polar surface area (TPSA) is 74.1 Å². The Bertz CT molecular complexity index is 742. The quantitative estimate of drug-likeness (QED) is 0.707. The predicted molar refractivity (Wildman–Crippen MR) is 87.0 cm³/mol. The van der Waals surface area contributed by atoms with E-state index >= 15 is 0 Å². The van der Waals surface area contributed by atoms with Crippen molar-refractivity contribution in [3.05, 3.63) is 29.9 Å². The van der Waals surface area contributed by atoms with Crippen LogP contribution in [-0.4, -0.2) is 41.4 Å². The summed E-state index contributed by atoms with van der Waals surface area (Å²) >= 11 is 1.69. The molecule has 0 unspecified atom stereocenters. The Morgan fingerprint density at radius 2 is 1.95 bits per heavy atom. The highest BCUT2D eigenvalue weighted by Crippen LogP contribution is 2.29. The summed E-state index contributed by atoms with van der Waals surface area (Å²) in [4.78, 5) is 9.04. The van der Waals surface area contributed by atoms with Crippen LogP contribution in [0.3, 0.4) is 0 Å². The van der Waals surface area contributed by atoms with E-state index in [0.717, 1.165) is 53.6 Å². The van der Waals surface area contributed by atoms with E-state index in [0.29, 0.717) is 0 Å². The van der Waals surface area contributed by atoms with Crippen molar-refractivity contribution in [3.8, 4) is 0 Å². The van der Waals surface area contributed by atoms with Crippen molar-refractivity contribution >= 4 is 38.7 Å². The fourth-order valence-corrected chi connectivity index (χ4v) is 3.48. The fourth-order valence-electron chi connectivity index (χ4n) is 2.78. The molecule has 1 aliphatic rings. The lowest BCUT2D eigenvalue weighted by atomic mass is 10.1. The number of anilines is 3. The number of benzene rings is 1. The Hall–Kier alpha value is -2.28. The Morgan fingerprint density at radius 3 is 2.71 bits per heavy atom. The first-order valence-electron chi connectivity index (χ1n) is 6.93. The number of aromatic nitrogens is 3. The Kier molecular flexibility index (Phi) is 2.92. The molecule has 1 saturated heterocycles. The minimum absolute atomic E-state index is 0.812. The van der Waals surface area contributed by atoms with Crippen molar-refractivity contribution in [2.24, 2.45) is 0 Å². The molecule has 0 saturated carbocycles. The van der Waals surface area contributed by atoms with E-state index in [9.17, 15) is 0 Å². The summed E-state index contributed by atoms with van der Waals surface area (Å²) in [5.41, 5.74) is 9.13. The molecular formula is C14H16N6S. The van der Waals surface area contributed by atoms with Crippen LogP contribution in [0.5, 0.6) is 0 Å². The number of nitrogens with zero attached hydrogens (tertiary/aromatic N) is 4. The van der Waals surface area contributed by atoms with Crippen LogP contribution in [0.2, 0.25) is 0 Å². The summed E-state index contributed by atoms with van der Waals surface area (Å²) in [7, 11) is 0. The van der Waals surface area contributed by atoms with Crippen LogP contribution in [-0.2, 0) is 0 Å². The van der Waals surface area contributed by atoms with Gasteiger partial charge in [-0.05, 0) is 12.1 Å². The number of hydrogen-bond donors (Lipinski definition) is 2. The molecule has 2 aromatic heterocycles. The average Bonchev–Trinajstić information content (AvgIpc) is 3.17. The van der Waals surface area contributed by atoms with Crippen LogP contribution in [0.4, 0.5) is 16.5 Å². The molecule has 0 bridgehead atoms. The van der Waals surface area contributed by atoms with E-state index in [1.807, 2.05) is 17.6 Å². The van der Waals surface area contributed by atoms with Gasteiger partial charge in [-0.1, -0.05) is 0 Å². The van der Waals surface area contributed by atoms with Crippen molar-refractivity contribution in [1.29, 1.82) is 0 Å². The van der Waals surface area contributed by atoms with Crippen molar-refractivity contribution in [3.63, 3.8) is 0 Å². The van der Waals surface area contributed by atoms with Crippen LogP contribution in [0.1, 0.15) is 0 Å². The van der Waals surface area contributed by atoms with Gasteiger partial charge in [0.1, 0.15) is 0 Å². The number of hydrogen-bond acceptors (Lipinski definition) is 6. The molecule has 3 N–H and O–H groups in total. The van der Waals surface area contributed by atoms with Gasteiger partial charge in [-0.2, -0.15) is 5.10 Å². The maximum Gasteiger partial charge on any atom is 0.185 e. The lowest BCUT2D eigenvalue weighted by Gasteiger charge is -2.36. The SMILES string of the molecule is Nc1cc2cn[nH]c2cc1N1CCN(c2nccs2)CC1. The number of H-pyrrole nitrogens is 1. The summed E-state index contributed by atoms with van der Waals surface area (Å²) in [6.45, 7) is 3.83. The Morgan fingerprint density at radius 1 is 1.14 bits per heavy atom. The van der Waals surface area contributed by atoms with E-state index < -0.39 is 0 Å². The zero-order chi connectivity index (χ0) is 14.2. The molecule has 0 atom stereocenters. The van der Waals surface area contributed by atoms with Crippen LogP contribution in [0.25, 0.3) is 10.9 Å². The summed E-state index contributed by atoms with van der Waals surface area (Å²) in [6.07, 6.45) is 3.66. The maximum atomic E-state index is 6.20. The zero-order valence-corrected chi connectivity index (χ0v) is 12.3. The first-order chi connectivity index (χ1) is 10.3. The fraction of sp³-hybridized carbons (Fsp3) is 0.286. The molecule has 4 rings (SSSR count). The highest BCUT2D eigenvalue weighted by molar-refractivity contribution is 7.13. The molecule has 3 heterocycles. The number of nitrogens with one attached hydrogen (secondary N) is 1. The van der Waals surface area contributed by atoms with Gasteiger partial charge in [0.2, 0.25) is 0 Å². The minimum atomic E-state index is 0.812. The zero-order valence-electron chi connectivity index (χ0n) is 11.5. The molecule has 0 amide bonds. The number of nitrogens with two attached hydrogens (primary N) is 1. The first-order valence-corrected chi connectivity index (χ1v) is 7.81. The van der Waals surface area contributed by atoms with Crippen molar-refractivity contribution < 1.29 is 0 Å². The summed E-state index contributed by atoms with van der Waals surface area (Å²) in [5, 5.41) is 11.2. The van der Waals surface area contributed by atoms with E-state index in [1.165, 1.54) is 0 Å². The number of aromatic amines is 1. The summed E-state index contributed by atoms with van der Waals surface area (Å²) in [5.74, 6) is 0. The molecule has 7 heteroatoms. The highest BCUT2D eigenvalue weighted by atomic mass is 32.1. The van der Waals surface area contributed by atoms with Crippen molar-refractivity contribution in [2.45, 2.75) is 0 Å². The number of thiazole rings is 1. The summed E-state index contributed by atoms with van der Waals surface area (Å²) < 4.78 is 0. The Balaban J connectivity index is 1.55. The van der Waals surface area contributed by atoms with Crippen LogP contribution >= 0.6 is 11.3 Å². The number of fused-ring (bicyclic) bond motifs is 1. The van der Waals surface area contributed by atoms with Crippen molar-refractivity contribution in [1.82, 2.24) is 15.2 Å². The van der Waals surface area contributed by atoms with Gasteiger partial charge < -0.3 is 15.5 Å². The van der Waals surface area contributed by atoms with Gasteiger partial charge in [0, 0.05) is 43.1 Å². The third-order valence-electron chi connectivity index (χ3n) is 3.90. The average molecular weight is 300 g/mol. The molecule has 0 aliphatic carbocycles. The van der Waals surface area contributed by atoms with Crippen LogP contribution in [0, 0.1) is 0 Å². The second kappa shape index (κ2) is 4.92. The van der Waals surface area contributed by atoms with Gasteiger partial charge in [0.05, 0.1) is 23.1 Å². The molecule has 0 radical (unpaired) electrons. The molecule has 0 spiro atoms. The van der Waals surface area contributed by atoms with E-state index in [2.05, 4.69) is 31.0 Å². The van der Waals surface area contributed by atoms with Gasteiger partial charge in [0.25, 0.3) is 0 Å².